The second-order valence-electron chi connectivity index (χ2n) is 3.45. The molecule has 0 fully saturated rings. The summed E-state index contributed by atoms with van der Waals surface area (Å²) in [4.78, 5) is 4.53. The lowest BCUT2D eigenvalue weighted by Crippen LogP contribution is -2.06. The lowest BCUT2D eigenvalue weighted by atomic mass is 10.2. The van der Waals surface area contributed by atoms with Crippen molar-refractivity contribution in [3.63, 3.8) is 0 Å². The van der Waals surface area contributed by atoms with Gasteiger partial charge in [-0.15, -0.1) is 0 Å². The average molecular weight is 202 g/mol. The maximum absolute atomic E-state index is 4.53. The minimum atomic E-state index is 0.786. The lowest BCUT2D eigenvalue weighted by molar-refractivity contribution is 0.768. The Kier molecular flexibility index (Phi) is 2.78. The lowest BCUT2D eigenvalue weighted by Gasteiger charge is -2.01. The van der Waals surface area contributed by atoms with Crippen molar-refractivity contribution in [1.82, 2.24) is 20.1 Å². The molecule has 0 saturated heterocycles. The molecule has 2 aromatic rings. The van der Waals surface area contributed by atoms with E-state index in [1.54, 1.807) is 4.68 Å². The minimum absolute atomic E-state index is 0.786. The maximum atomic E-state index is 4.53. The minimum Gasteiger partial charge on any atom is -0.314 e. The summed E-state index contributed by atoms with van der Waals surface area (Å²) in [6.07, 6.45) is 3.79. The van der Waals surface area contributed by atoms with Crippen LogP contribution in [0.1, 0.15) is 5.69 Å². The summed E-state index contributed by atoms with van der Waals surface area (Å²) in [6.45, 7) is 0.786. The van der Waals surface area contributed by atoms with E-state index < -0.39 is 0 Å². The number of hydrogen-bond donors (Lipinski definition) is 1. The summed E-state index contributed by atoms with van der Waals surface area (Å²) in [5, 5.41) is 7.21. The molecule has 0 aliphatic rings. The first-order chi connectivity index (χ1) is 7.29. The van der Waals surface area contributed by atoms with E-state index in [4.69, 9.17) is 0 Å². The number of nitrogens with one attached hydrogen (secondary N) is 1. The van der Waals surface area contributed by atoms with E-state index in [-0.39, 0.29) is 0 Å². The molecule has 0 unspecified atom stereocenters. The van der Waals surface area contributed by atoms with Gasteiger partial charge in [0.2, 0.25) is 0 Å². The van der Waals surface area contributed by atoms with Crippen LogP contribution in [-0.2, 0) is 13.6 Å². The number of nitrogens with zero attached hydrogens (tertiary/aromatic N) is 3. The highest BCUT2D eigenvalue weighted by molar-refractivity contribution is 5.56. The zero-order valence-electron chi connectivity index (χ0n) is 8.94. The molecule has 4 heteroatoms. The molecule has 0 atom stereocenters. The fourth-order valence-electron chi connectivity index (χ4n) is 1.47. The van der Waals surface area contributed by atoms with Crippen molar-refractivity contribution in [2.24, 2.45) is 7.05 Å². The topological polar surface area (TPSA) is 42.7 Å². The van der Waals surface area contributed by atoms with Crippen molar-refractivity contribution in [1.29, 1.82) is 0 Å². The Hall–Kier alpha value is -1.68. The molecule has 2 heterocycles. The van der Waals surface area contributed by atoms with Crippen LogP contribution in [0.5, 0.6) is 0 Å². The van der Waals surface area contributed by atoms with Crippen LogP contribution in [0.25, 0.3) is 11.3 Å². The first-order valence-corrected chi connectivity index (χ1v) is 4.89. The fourth-order valence-corrected chi connectivity index (χ4v) is 1.47. The van der Waals surface area contributed by atoms with E-state index in [2.05, 4.69) is 15.4 Å². The number of aromatic nitrogens is 3. The second kappa shape index (κ2) is 4.23. The summed E-state index contributed by atoms with van der Waals surface area (Å²) in [7, 11) is 3.82. The summed E-state index contributed by atoms with van der Waals surface area (Å²) >= 11 is 0. The van der Waals surface area contributed by atoms with Crippen LogP contribution in [0.4, 0.5) is 0 Å². The Labute approximate surface area is 89.0 Å². The predicted molar refractivity (Wildman–Crippen MR) is 59.2 cm³/mol. The molecule has 0 aliphatic carbocycles. The Morgan fingerprint density at radius 3 is 2.93 bits per heavy atom. The van der Waals surface area contributed by atoms with E-state index >= 15 is 0 Å². The normalized spacial score (nSPS) is 10.5. The van der Waals surface area contributed by atoms with Crippen LogP contribution < -0.4 is 5.32 Å². The summed E-state index contributed by atoms with van der Waals surface area (Å²) in [5.74, 6) is 0. The molecular weight excluding hydrogens is 188 g/mol. The van der Waals surface area contributed by atoms with E-state index in [1.165, 1.54) is 0 Å². The van der Waals surface area contributed by atoms with Gasteiger partial charge in [0, 0.05) is 25.4 Å². The fraction of sp³-hybridized carbons (Fsp3) is 0.273. The van der Waals surface area contributed by atoms with E-state index in [1.807, 2.05) is 44.7 Å². The van der Waals surface area contributed by atoms with Gasteiger partial charge in [-0.3, -0.25) is 9.67 Å². The Morgan fingerprint density at radius 2 is 2.27 bits per heavy atom. The van der Waals surface area contributed by atoms with Crippen LogP contribution >= 0.6 is 0 Å². The number of hydrogen-bond acceptors (Lipinski definition) is 3. The van der Waals surface area contributed by atoms with Gasteiger partial charge < -0.3 is 5.32 Å². The highest BCUT2D eigenvalue weighted by Crippen LogP contribution is 2.15. The number of pyridine rings is 1. The molecule has 2 aromatic heterocycles. The van der Waals surface area contributed by atoms with Gasteiger partial charge in [-0.1, -0.05) is 6.07 Å². The molecule has 0 saturated carbocycles. The Morgan fingerprint density at radius 1 is 1.40 bits per heavy atom. The first kappa shape index (κ1) is 9.86. The standard InChI is InChI=1S/C11H14N4/c1-12-7-10-4-3-5-11(14-10)9-6-13-15(2)8-9/h3-6,8,12H,7H2,1-2H3. The molecule has 15 heavy (non-hydrogen) atoms. The van der Waals surface area contributed by atoms with Gasteiger partial charge in [0.05, 0.1) is 17.6 Å². The van der Waals surface area contributed by atoms with Gasteiger partial charge in [0.25, 0.3) is 0 Å². The van der Waals surface area contributed by atoms with Gasteiger partial charge in [-0.25, -0.2) is 0 Å². The zero-order chi connectivity index (χ0) is 10.7. The molecule has 0 bridgehead atoms. The third-order valence-electron chi connectivity index (χ3n) is 2.17. The van der Waals surface area contributed by atoms with Crippen molar-refractivity contribution >= 4 is 0 Å². The molecule has 1 N–H and O–H groups in total. The monoisotopic (exact) mass is 202 g/mol. The largest absolute Gasteiger partial charge is 0.314 e. The van der Waals surface area contributed by atoms with Gasteiger partial charge in [0.15, 0.2) is 0 Å². The molecule has 78 valence electrons. The third-order valence-corrected chi connectivity index (χ3v) is 2.17. The molecule has 2 rings (SSSR count). The molecule has 0 spiro atoms. The Balaban J connectivity index is 2.32. The summed E-state index contributed by atoms with van der Waals surface area (Å²) < 4.78 is 1.78. The smallest absolute Gasteiger partial charge is 0.0737 e. The molecule has 0 amide bonds. The van der Waals surface area contributed by atoms with Crippen LogP contribution in [0.3, 0.4) is 0 Å². The third kappa shape index (κ3) is 2.22. The van der Waals surface area contributed by atoms with Crippen LogP contribution in [0.2, 0.25) is 0 Å². The van der Waals surface area contributed by atoms with Crippen molar-refractivity contribution in [2.75, 3.05) is 7.05 Å². The van der Waals surface area contributed by atoms with Crippen molar-refractivity contribution in [3.8, 4) is 11.3 Å². The second-order valence-corrected chi connectivity index (χ2v) is 3.45. The molecule has 4 nitrogen and oxygen atoms in total. The van der Waals surface area contributed by atoms with Crippen LogP contribution in [-0.4, -0.2) is 21.8 Å². The van der Waals surface area contributed by atoms with Gasteiger partial charge >= 0.3 is 0 Å². The number of rotatable bonds is 3. The predicted octanol–water partition coefficient (Wildman–Crippen LogP) is 1.20. The van der Waals surface area contributed by atoms with E-state index in [0.717, 1.165) is 23.5 Å². The molecule has 0 radical (unpaired) electrons. The SMILES string of the molecule is CNCc1cccc(-c2cnn(C)c2)n1. The van der Waals surface area contributed by atoms with Crippen LogP contribution in [0.15, 0.2) is 30.6 Å². The Bertz CT molecular complexity index is 447. The van der Waals surface area contributed by atoms with Gasteiger partial charge in [0.1, 0.15) is 0 Å². The highest BCUT2D eigenvalue weighted by Gasteiger charge is 2.02. The van der Waals surface area contributed by atoms with Crippen molar-refractivity contribution in [3.05, 3.63) is 36.3 Å². The quantitative estimate of drug-likeness (QED) is 0.813. The summed E-state index contributed by atoms with van der Waals surface area (Å²) in [6, 6.07) is 6.02. The number of aryl methyl sites for hydroxylation is 1. The maximum Gasteiger partial charge on any atom is 0.0737 e. The summed E-state index contributed by atoms with van der Waals surface area (Å²) in [5.41, 5.74) is 3.06. The van der Waals surface area contributed by atoms with Gasteiger partial charge in [-0.2, -0.15) is 5.10 Å². The first-order valence-electron chi connectivity index (χ1n) is 4.89. The molecule has 0 aliphatic heterocycles. The average Bonchev–Trinajstić information content (AvgIpc) is 2.66. The zero-order valence-corrected chi connectivity index (χ0v) is 8.94. The molecule has 0 aromatic carbocycles. The van der Waals surface area contributed by atoms with Crippen LogP contribution in [0, 0.1) is 0 Å². The van der Waals surface area contributed by atoms with Gasteiger partial charge in [-0.05, 0) is 19.2 Å². The van der Waals surface area contributed by atoms with Crippen molar-refractivity contribution in [2.45, 2.75) is 6.54 Å². The van der Waals surface area contributed by atoms with E-state index in [9.17, 15) is 0 Å². The highest BCUT2D eigenvalue weighted by atomic mass is 15.2. The molecular formula is C11H14N4. The van der Waals surface area contributed by atoms with E-state index in [0.29, 0.717) is 0 Å². The van der Waals surface area contributed by atoms with Crippen molar-refractivity contribution < 1.29 is 0 Å².